The second-order valence-electron chi connectivity index (χ2n) is 4.82. The summed E-state index contributed by atoms with van der Waals surface area (Å²) in [5.41, 5.74) is 0. The van der Waals surface area contributed by atoms with Crippen molar-refractivity contribution in [3.05, 3.63) is 5.38 Å². The van der Waals surface area contributed by atoms with Crippen LogP contribution in [0.1, 0.15) is 6.92 Å². The zero-order valence-electron chi connectivity index (χ0n) is 12.6. The van der Waals surface area contributed by atoms with Gasteiger partial charge in [-0.25, -0.2) is 8.42 Å². The Morgan fingerprint density at radius 2 is 2.09 bits per heavy atom. The molecule has 2 rings (SSSR count). The molecule has 1 aromatic heterocycles. The van der Waals surface area contributed by atoms with E-state index in [0.29, 0.717) is 39.3 Å². The maximum absolute atomic E-state index is 12.6. The molecule has 0 aliphatic carbocycles. The third-order valence-corrected chi connectivity index (χ3v) is 6.04. The molecule has 22 heavy (non-hydrogen) atoms. The Hall–Kier alpha value is -1.23. The maximum atomic E-state index is 12.6. The predicted octanol–water partition coefficient (Wildman–Crippen LogP) is -0.406. The van der Waals surface area contributed by atoms with Gasteiger partial charge in [-0.1, -0.05) is 0 Å². The van der Waals surface area contributed by atoms with Gasteiger partial charge in [-0.2, -0.15) is 8.68 Å². The van der Waals surface area contributed by atoms with E-state index in [-0.39, 0.29) is 16.7 Å². The van der Waals surface area contributed by atoms with Crippen LogP contribution < -0.4 is 10.1 Å². The van der Waals surface area contributed by atoms with Crippen LogP contribution in [0.5, 0.6) is 5.88 Å². The molecule has 1 fully saturated rings. The molecule has 1 saturated heterocycles. The monoisotopic (exact) mass is 348 g/mol. The number of carbonyl (C=O) groups is 1. The second kappa shape index (κ2) is 7.36. The van der Waals surface area contributed by atoms with Crippen molar-refractivity contribution in [2.45, 2.75) is 11.8 Å². The number of aromatic nitrogens is 1. The van der Waals surface area contributed by atoms with Gasteiger partial charge in [0, 0.05) is 38.1 Å². The van der Waals surface area contributed by atoms with Crippen LogP contribution in [0.2, 0.25) is 0 Å². The zero-order valence-corrected chi connectivity index (χ0v) is 14.2. The third-order valence-electron chi connectivity index (χ3n) is 3.39. The van der Waals surface area contributed by atoms with Crippen LogP contribution in [0.15, 0.2) is 10.3 Å². The minimum atomic E-state index is -3.59. The number of rotatable bonds is 6. The maximum Gasteiger partial charge on any atom is 0.249 e. The summed E-state index contributed by atoms with van der Waals surface area (Å²) < 4.78 is 35.5. The van der Waals surface area contributed by atoms with Crippen LogP contribution in [-0.2, 0) is 14.8 Å². The fraction of sp³-hybridized carbons (Fsp3) is 0.667. The summed E-state index contributed by atoms with van der Waals surface area (Å²) >= 11 is 1.05. The van der Waals surface area contributed by atoms with E-state index in [9.17, 15) is 13.2 Å². The molecule has 0 unspecified atom stereocenters. The molecule has 1 amide bonds. The topological polar surface area (TPSA) is 91.8 Å². The minimum absolute atomic E-state index is 0.0393. The van der Waals surface area contributed by atoms with E-state index in [1.807, 2.05) is 11.8 Å². The van der Waals surface area contributed by atoms with Gasteiger partial charge < -0.3 is 10.1 Å². The first-order valence-electron chi connectivity index (χ1n) is 6.96. The largest absolute Gasteiger partial charge is 0.479 e. The van der Waals surface area contributed by atoms with Gasteiger partial charge in [-0.05, 0) is 18.5 Å². The molecule has 2 heterocycles. The zero-order chi connectivity index (χ0) is 16.2. The van der Waals surface area contributed by atoms with Crippen molar-refractivity contribution >= 4 is 27.5 Å². The molecule has 124 valence electrons. The summed E-state index contributed by atoms with van der Waals surface area (Å²) in [6, 6.07) is 0. The van der Waals surface area contributed by atoms with Gasteiger partial charge in [0.1, 0.15) is 0 Å². The van der Waals surface area contributed by atoms with Gasteiger partial charge in [0.2, 0.25) is 21.8 Å². The Morgan fingerprint density at radius 1 is 1.41 bits per heavy atom. The molecule has 1 aliphatic rings. The van der Waals surface area contributed by atoms with Crippen LogP contribution in [-0.4, -0.2) is 74.3 Å². The van der Waals surface area contributed by atoms with Crippen molar-refractivity contribution in [2.24, 2.45) is 0 Å². The summed E-state index contributed by atoms with van der Waals surface area (Å²) in [6.07, 6.45) is 0. The number of hydrogen-bond acceptors (Lipinski definition) is 7. The van der Waals surface area contributed by atoms with E-state index in [4.69, 9.17) is 4.74 Å². The molecule has 1 aliphatic heterocycles. The van der Waals surface area contributed by atoms with Crippen LogP contribution >= 0.6 is 11.5 Å². The third kappa shape index (κ3) is 3.75. The normalized spacial score (nSPS) is 17.4. The van der Waals surface area contributed by atoms with Crippen LogP contribution in [0.3, 0.4) is 0 Å². The van der Waals surface area contributed by atoms with Crippen molar-refractivity contribution in [3.63, 3.8) is 0 Å². The number of piperazine rings is 1. The lowest BCUT2D eigenvalue weighted by Gasteiger charge is -2.33. The number of sulfonamides is 1. The van der Waals surface area contributed by atoms with Gasteiger partial charge in [-0.3, -0.25) is 9.69 Å². The lowest BCUT2D eigenvalue weighted by atomic mass is 10.3. The van der Waals surface area contributed by atoms with Crippen molar-refractivity contribution in [3.8, 4) is 5.88 Å². The highest BCUT2D eigenvalue weighted by molar-refractivity contribution is 7.89. The number of carbonyl (C=O) groups excluding carboxylic acids is 1. The Labute approximate surface area is 134 Å². The van der Waals surface area contributed by atoms with Gasteiger partial charge in [0.15, 0.2) is 4.90 Å². The summed E-state index contributed by atoms with van der Waals surface area (Å²) in [7, 11) is -2.19. The molecule has 0 aromatic carbocycles. The number of hydrogen-bond donors (Lipinski definition) is 1. The van der Waals surface area contributed by atoms with Gasteiger partial charge in [0.05, 0.1) is 13.7 Å². The lowest BCUT2D eigenvalue weighted by Crippen LogP contribution is -2.51. The quantitative estimate of drug-likeness (QED) is 0.752. The number of ether oxygens (including phenoxy) is 1. The summed E-state index contributed by atoms with van der Waals surface area (Å²) in [5.74, 6) is 0.0947. The Morgan fingerprint density at radius 3 is 2.68 bits per heavy atom. The molecule has 1 aromatic rings. The van der Waals surface area contributed by atoms with Crippen molar-refractivity contribution < 1.29 is 17.9 Å². The van der Waals surface area contributed by atoms with Crippen LogP contribution in [0.25, 0.3) is 0 Å². The summed E-state index contributed by atoms with van der Waals surface area (Å²) in [4.78, 5) is 13.6. The average Bonchev–Trinajstić information content (AvgIpc) is 2.97. The van der Waals surface area contributed by atoms with Crippen molar-refractivity contribution in [2.75, 3.05) is 46.4 Å². The molecular weight excluding hydrogens is 328 g/mol. The molecule has 10 heteroatoms. The highest BCUT2D eigenvalue weighted by Crippen LogP contribution is 2.27. The van der Waals surface area contributed by atoms with Crippen molar-refractivity contribution in [1.82, 2.24) is 18.9 Å². The lowest BCUT2D eigenvalue weighted by molar-refractivity contribution is -0.122. The van der Waals surface area contributed by atoms with E-state index in [1.54, 1.807) is 0 Å². The molecule has 0 spiro atoms. The fourth-order valence-corrected chi connectivity index (χ4v) is 4.71. The SMILES string of the molecule is CCNC(=O)CN1CCN(S(=O)(=O)c2csnc2OC)CC1. The predicted molar refractivity (Wildman–Crippen MR) is 82.5 cm³/mol. The first kappa shape index (κ1) is 17.1. The Bertz CT molecular complexity index is 608. The van der Waals surface area contributed by atoms with E-state index >= 15 is 0 Å². The minimum Gasteiger partial charge on any atom is -0.479 e. The fourth-order valence-electron chi connectivity index (χ4n) is 2.25. The molecule has 8 nitrogen and oxygen atoms in total. The van der Waals surface area contributed by atoms with Crippen LogP contribution in [0.4, 0.5) is 0 Å². The smallest absolute Gasteiger partial charge is 0.249 e. The molecule has 0 saturated carbocycles. The van der Waals surface area contributed by atoms with E-state index < -0.39 is 10.0 Å². The second-order valence-corrected chi connectivity index (χ2v) is 7.36. The average molecular weight is 348 g/mol. The molecular formula is C12H20N4O4S2. The van der Waals surface area contributed by atoms with Gasteiger partial charge >= 0.3 is 0 Å². The number of amides is 1. The first-order valence-corrected chi connectivity index (χ1v) is 9.24. The molecule has 0 radical (unpaired) electrons. The molecule has 0 bridgehead atoms. The highest BCUT2D eigenvalue weighted by atomic mass is 32.2. The summed E-state index contributed by atoms with van der Waals surface area (Å²) in [5, 5.41) is 4.22. The Kier molecular flexibility index (Phi) is 5.73. The standard InChI is InChI=1S/C12H20N4O4S2/c1-3-13-11(17)8-15-4-6-16(7-5-15)22(18,19)10-9-21-14-12(10)20-2/h9H,3-8H2,1-2H3,(H,13,17). The highest BCUT2D eigenvalue weighted by Gasteiger charge is 2.32. The van der Waals surface area contributed by atoms with E-state index in [0.717, 1.165) is 11.5 Å². The number of nitrogens with one attached hydrogen (secondary N) is 1. The number of methoxy groups -OCH3 is 1. The van der Waals surface area contributed by atoms with Crippen LogP contribution in [0, 0.1) is 0 Å². The molecule has 0 atom stereocenters. The summed E-state index contributed by atoms with van der Waals surface area (Å²) in [6.45, 7) is 4.50. The van der Waals surface area contributed by atoms with Gasteiger partial charge in [-0.15, -0.1) is 0 Å². The van der Waals surface area contributed by atoms with Gasteiger partial charge in [0.25, 0.3) is 0 Å². The first-order chi connectivity index (χ1) is 10.5. The van der Waals surface area contributed by atoms with E-state index in [1.165, 1.54) is 16.8 Å². The molecule has 1 N–H and O–H groups in total. The number of nitrogens with zero attached hydrogens (tertiary/aromatic N) is 3. The van der Waals surface area contributed by atoms with Crippen molar-refractivity contribution in [1.29, 1.82) is 0 Å². The van der Waals surface area contributed by atoms with E-state index in [2.05, 4.69) is 9.69 Å². The Balaban J connectivity index is 1.98. The number of likely N-dealkylation sites (N-methyl/N-ethyl adjacent to an activating group) is 1.